The second kappa shape index (κ2) is 6.75. The Kier molecular flexibility index (Phi) is 4.41. The minimum absolute atomic E-state index is 0.0184. The Morgan fingerprint density at radius 2 is 1.93 bits per heavy atom. The maximum atomic E-state index is 12.8. The number of methoxy groups -OCH3 is 1. The van der Waals surface area contributed by atoms with Crippen molar-refractivity contribution in [3.63, 3.8) is 0 Å². The van der Waals surface area contributed by atoms with Crippen molar-refractivity contribution >= 4 is 12.0 Å². The fourth-order valence-electron chi connectivity index (χ4n) is 4.30. The number of hydrogen-bond donors (Lipinski definition) is 0. The molecule has 0 spiro atoms. The smallest absolute Gasteiger partial charge is 0.320 e. The van der Waals surface area contributed by atoms with E-state index in [-0.39, 0.29) is 12.1 Å². The molecule has 0 radical (unpaired) electrons. The molecule has 3 heterocycles. The third-order valence-electron chi connectivity index (χ3n) is 5.54. The lowest BCUT2D eigenvalue weighted by Gasteiger charge is -2.31. The summed E-state index contributed by atoms with van der Waals surface area (Å²) in [6, 6.07) is 8.66. The predicted octanol–water partition coefficient (Wildman–Crippen LogP) is 2.18. The second-order valence-corrected chi connectivity index (χ2v) is 7.48. The van der Waals surface area contributed by atoms with Gasteiger partial charge in [0, 0.05) is 52.5 Å². The Hall–Kier alpha value is -2.77. The van der Waals surface area contributed by atoms with Crippen LogP contribution in [-0.4, -0.2) is 66.9 Å². The number of likely N-dealkylation sites (tertiary alicyclic amines) is 1. The summed E-state index contributed by atoms with van der Waals surface area (Å²) in [6.45, 7) is 4.13. The summed E-state index contributed by atoms with van der Waals surface area (Å²) >= 11 is 0. The number of nitrogens with zero attached hydrogens (tertiary/aromatic N) is 5. The van der Waals surface area contributed by atoms with Crippen molar-refractivity contribution in [3.8, 4) is 5.75 Å². The SMILES string of the molecule is COc1ccc([C@H]2[C@@H]3CN(c4nnc(C)o4)C[C@@H]3CN2C(=O)N(C)C)cc1. The number of anilines is 1. The first-order valence-corrected chi connectivity index (χ1v) is 9.15. The fraction of sp³-hybridized carbons (Fsp3) is 0.526. The Morgan fingerprint density at radius 3 is 2.52 bits per heavy atom. The van der Waals surface area contributed by atoms with Gasteiger partial charge in [-0.05, 0) is 17.7 Å². The molecule has 2 aromatic rings. The molecule has 1 aromatic heterocycles. The molecule has 0 bridgehead atoms. The van der Waals surface area contributed by atoms with E-state index in [1.807, 2.05) is 17.0 Å². The van der Waals surface area contributed by atoms with Crippen LogP contribution >= 0.6 is 0 Å². The van der Waals surface area contributed by atoms with Gasteiger partial charge in [0.25, 0.3) is 0 Å². The highest BCUT2D eigenvalue weighted by atomic mass is 16.5. The third-order valence-corrected chi connectivity index (χ3v) is 5.54. The van der Waals surface area contributed by atoms with Gasteiger partial charge in [-0.3, -0.25) is 0 Å². The average molecular weight is 371 g/mol. The van der Waals surface area contributed by atoms with Crippen molar-refractivity contribution in [1.82, 2.24) is 20.0 Å². The van der Waals surface area contributed by atoms with E-state index in [0.29, 0.717) is 23.7 Å². The monoisotopic (exact) mass is 371 g/mol. The summed E-state index contributed by atoms with van der Waals surface area (Å²) in [4.78, 5) is 18.6. The number of ether oxygens (including phenoxy) is 1. The molecule has 1 aromatic carbocycles. The van der Waals surface area contributed by atoms with Crippen molar-refractivity contribution in [2.75, 3.05) is 45.7 Å². The van der Waals surface area contributed by atoms with E-state index in [4.69, 9.17) is 9.15 Å². The predicted molar refractivity (Wildman–Crippen MR) is 99.8 cm³/mol. The quantitative estimate of drug-likeness (QED) is 0.823. The first kappa shape index (κ1) is 17.6. The molecule has 2 fully saturated rings. The third kappa shape index (κ3) is 3.09. The fourth-order valence-corrected chi connectivity index (χ4v) is 4.30. The van der Waals surface area contributed by atoms with Gasteiger partial charge >= 0.3 is 12.0 Å². The number of carbonyl (C=O) groups is 1. The van der Waals surface area contributed by atoms with E-state index in [1.165, 1.54) is 0 Å². The Labute approximate surface area is 158 Å². The highest BCUT2D eigenvalue weighted by Crippen LogP contribution is 2.46. The molecule has 8 nitrogen and oxygen atoms in total. The van der Waals surface area contributed by atoms with Crippen LogP contribution < -0.4 is 9.64 Å². The first-order valence-electron chi connectivity index (χ1n) is 9.15. The molecule has 4 rings (SSSR count). The molecule has 2 saturated heterocycles. The van der Waals surface area contributed by atoms with Crippen LogP contribution in [0.4, 0.5) is 10.8 Å². The molecule has 2 aliphatic heterocycles. The molecule has 0 N–H and O–H groups in total. The normalized spacial score (nSPS) is 24.2. The van der Waals surface area contributed by atoms with Crippen LogP contribution in [0.5, 0.6) is 5.75 Å². The number of aryl methyl sites for hydroxylation is 1. The van der Waals surface area contributed by atoms with Gasteiger partial charge in [0.05, 0.1) is 13.2 Å². The van der Waals surface area contributed by atoms with Crippen molar-refractivity contribution in [2.45, 2.75) is 13.0 Å². The molecular formula is C19H25N5O3. The molecule has 0 aliphatic carbocycles. The Balaban J connectivity index is 1.63. The number of fused-ring (bicyclic) bond motifs is 1. The van der Waals surface area contributed by atoms with Crippen molar-refractivity contribution < 1.29 is 13.9 Å². The van der Waals surface area contributed by atoms with Crippen LogP contribution in [-0.2, 0) is 0 Å². The molecule has 0 saturated carbocycles. The summed E-state index contributed by atoms with van der Waals surface area (Å²) in [5.41, 5.74) is 1.13. The van der Waals surface area contributed by atoms with Crippen molar-refractivity contribution in [2.24, 2.45) is 11.8 Å². The van der Waals surface area contributed by atoms with Gasteiger partial charge in [-0.1, -0.05) is 17.2 Å². The molecule has 3 atom stereocenters. The van der Waals surface area contributed by atoms with Crippen LogP contribution in [0.2, 0.25) is 0 Å². The van der Waals surface area contributed by atoms with Crippen LogP contribution in [0.1, 0.15) is 17.5 Å². The minimum atomic E-state index is 0.0184. The molecule has 27 heavy (non-hydrogen) atoms. The summed E-state index contributed by atoms with van der Waals surface area (Å²) in [5.74, 6) is 2.06. The second-order valence-electron chi connectivity index (χ2n) is 7.48. The number of carbonyl (C=O) groups excluding carboxylic acids is 1. The summed E-state index contributed by atoms with van der Waals surface area (Å²) in [5, 5.41) is 8.11. The van der Waals surface area contributed by atoms with E-state index in [1.54, 1.807) is 33.0 Å². The van der Waals surface area contributed by atoms with Gasteiger partial charge in [0.1, 0.15) is 5.75 Å². The minimum Gasteiger partial charge on any atom is -0.497 e. The number of amides is 2. The van der Waals surface area contributed by atoms with Crippen LogP contribution in [0.25, 0.3) is 0 Å². The maximum Gasteiger partial charge on any atom is 0.320 e. The number of urea groups is 1. The van der Waals surface area contributed by atoms with E-state index >= 15 is 0 Å². The highest BCUT2D eigenvalue weighted by Gasteiger charge is 2.50. The van der Waals surface area contributed by atoms with Crippen molar-refractivity contribution in [3.05, 3.63) is 35.7 Å². The van der Waals surface area contributed by atoms with Crippen LogP contribution in [0, 0.1) is 18.8 Å². The Morgan fingerprint density at radius 1 is 1.19 bits per heavy atom. The summed E-state index contributed by atoms with van der Waals surface area (Å²) in [6.07, 6.45) is 0. The standard InChI is InChI=1S/C19H25N5O3/c1-12-20-21-18(27-12)23-9-14-10-24(19(25)22(2)3)17(16(14)11-23)13-5-7-15(26-4)8-6-13/h5-8,14,16-17H,9-11H2,1-4H3/t14-,16-,17+/m1/s1. The summed E-state index contributed by atoms with van der Waals surface area (Å²) in [7, 11) is 5.26. The number of benzene rings is 1. The number of aromatic nitrogens is 2. The van der Waals surface area contributed by atoms with Gasteiger partial charge in [0.15, 0.2) is 0 Å². The Bertz CT molecular complexity index is 819. The molecule has 2 amide bonds. The number of rotatable bonds is 3. The maximum absolute atomic E-state index is 12.8. The molecule has 2 aliphatic rings. The summed E-state index contributed by atoms with van der Waals surface area (Å²) < 4.78 is 10.9. The largest absolute Gasteiger partial charge is 0.497 e. The lowest BCUT2D eigenvalue weighted by atomic mass is 9.89. The topological polar surface area (TPSA) is 74.9 Å². The lowest BCUT2D eigenvalue weighted by Crippen LogP contribution is -2.41. The zero-order chi connectivity index (χ0) is 19.1. The molecule has 144 valence electrons. The van der Waals surface area contributed by atoms with Crippen molar-refractivity contribution in [1.29, 1.82) is 0 Å². The van der Waals surface area contributed by atoms with Gasteiger partial charge in [-0.15, -0.1) is 5.10 Å². The molecular weight excluding hydrogens is 346 g/mol. The van der Waals surface area contributed by atoms with Gasteiger partial charge < -0.3 is 23.9 Å². The first-order chi connectivity index (χ1) is 13.0. The van der Waals surface area contributed by atoms with Crippen LogP contribution in [0.3, 0.4) is 0 Å². The van der Waals surface area contributed by atoms with Gasteiger partial charge in [-0.25, -0.2) is 4.79 Å². The zero-order valence-electron chi connectivity index (χ0n) is 16.1. The lowest BCUT2D eigenvalue weighted by molar-refractivity contribution is 0.159. The molecule has 8 heteroatoms. The van der Waals surface area contributed by atoms with E-state index < -0.39 is 0 Å². The van der Waals surface area contributed by atoms with E-state index in [0.717, 1.165) is 30.9 Å². The van der Waals surface area contributed by atoms with Gasteiger partial charge in [-0.2, -0.15) is 0 Å². The van der Waals surface area contributed by atoms with Crippen LogP contribution in [0.15, 0.2) is 28.7 Å². The highest BCUT2D eigenvalue weighted by molar-refractivity contribution is 5.75. The van der Waals surface area contributed by atoms with E-state index in [2.05, 4.69) is 27.2 Å². The zero-order valence-corrected chi connectivity index (χ0v) is 16.1. The molecule has 0 unspecified atom stereocenters. The average Bonchev–Trinajstić information content (AvgIpc) is 3.34. The van der Waals surface area contributed by atoms with Gasteiger partial charge in [0.2, 0.25) is 5.89 Å². The number of hydrogen-bond acceptors (Lipinski definition) is 6. The van der Waals surface area contributed by atoms with E-state index in [9.17, 15) is 4.79 Å².